The van der Waals surface area contributed by atoms with Crippen LogP contribution >= 0.6 is 0 Å². The van der Waals surface area contributed by atoms with Gasteiger partial charge in [-0.05, 0) is 30.7 Å². The Labute approximate surface area is 138 Å². The van der Waals surface area contributed by atoms with Gasteiger partial charge in [0.1, 0.15) is 0 Å². The van der Waals surface area contributed by atoms with Crippen molar-refractivity contribution in [2.75, 3.05) is 31.1 Å². The molecule has 0 aromatic heterocycles. The summed E-state index contributed by atoms with van der Waals surface area (Å²) in [5.41, 5.74) is 5.19. The van der Waals surface area contributed by atoms with Crippen molar-refractivity contribution >= 4 is 17.1 Å². The van der Waals surface area contributed by atoms with Gasteiger partial charge >= 0.3 is 0 Å². The summed E-state index contributed by atoms with van der Waals surface area (Å²) in [6.45, 7) is 6.70. The summed E-state index contributed by atoms with van der Waals surface area (Å²) in [5, 5.41) is 0. The third-order valence-corrected chi connectivity index (χ3v) is 5.09. The van der Waals surface area contributed by atoms with Crippen LogP contribution in [0.2, 0.25) is 0 Å². The zero-order chi connectivity index (χ0) is 15.6. The Balaban J connectivity index is 1.40. The number of rotatable bonds is 3. The molecule has 2 aliphatic rings. The maximum Gasteiger partial charge on any atom is 0.0665 e. The predicted octanol–water partition coefficient (Wildman–Crippen LogP) is 3.53. The fraction of sp³-hybridized carbons (Fsp3) is 0.350. The van der Waals surface area contributed by atoms with E-state index >= 15 is 0 Å². The molecule has 0 radical (unpaired) electrons. The van der Waals surface area contributed by atoms with E-state index in [4.69, 9.17) is 4.99 Å². The third kappa shape index (κ3) is 2.89. The second-order valence-electron chi connectivity index (χ2n) is 6.44. The van der Waals surface area contributed by atoms with Crippen LogP contribution in [0, 0.1) is 0 Å². The van der Waals surface area contributed by atoms with Crippen LogP contribution < -0.4 is 4.90 Å². The molecule has 0 bridgehead atoms. The molecule has 0 N–H and O–H groups in total. The smallest absolute Gasteiger partial charge is 0.0665 e. The van der Waals surface area contributed by atoms with Crippen LogP contribution in [-0.2, 0) is 6.42 Å². The molecule has 3 nitrogen and oxygen atoms in total. The van der Waals surface area contributed by atoms with Gasteiger partial charge in [-0.2, -0.15) is 0 Å². The summed E-state index contributed by atoms with van der Waals surface area (Å²) in [5.74, 6) is 0. The maximum absolute atomic E-state index is 4.87. The van der Waals surface area contributed by atoms with Gasteiger partial charge in [0, 0.05) is 50.0 Å². The Morgan fingerprint density at radius 3 is 2.30 bits per heavy atom. The highest BCUT2D eigenvalue weighted by Gasteiger charge is 2.27. The molecule has 1 saturated heterocycles. The van der Waals surface area contributed by atoms with E-state index in [0.717, 1.165) is 38.3 Å². The molecular weight excluding hydrogens is 282 g/mol. The summed E-state index contributed by atoms with van der Waals surface area (Å²) < 4.78 is 0. The number of aliphatic imine (C=N–C) groups is 1. The standard InChI is InChI=1S/C20H23N3/c1-16(20-15-17-7-5-6-10-19(17)21-20)22-11-13-23(14-12-22)18-8-3-2-4-9-18/h2-10,16H,11-15H2,1H3. The largest absolute Gasteiger partial charge is 0.369 e. The summed E-state index contributed by atoms with van der Waals surface area (Å²) in [4.78, 5) is 9.92. The molecule has 0 spiro atoms. The van der Waals surface area contributed by atoms with Crippen LogP contribution in [0.1, 0.15) is 12.5 Å². The van der Waals surface area contributed by atoms with Gasteiger partial charge in [-0.25, -0.2) is 0 Å². The first kappa shape index (κ1) is 14.5. The highest BCUT2D eigenvalue weighted by Crippen LogP contribution is 2.28. The van der Waals surface area contributed by atoms with Crippen LogP contribution in [0.4, 0.5) is 11.4 Å². The molecule has 118 valence electrons. The van der Waals surface area contributed by atoms with Crippen LogP contribution in [0.25, 0.3) is 0 Å². The number of hydrogen-bond donors (Lipinski definition) is 0. The minimum Gasteiger partial charge on any atom is -0.369 e. The molecule has 0 amide bonds. The van der Waals surface area contributed by atoms with Crippen molar-refractivity contribution in [3.63, 3.8) is 0 Å². The summed E-state index contributed by atoms with van der Waals surface area (Å²) in [6.07, 6.45) is 1.01. The van der Waals surface area contributed by atoms with E-state index in [1.165, 1.54) is 17.0 Å². The van der Waals surface area contributed by atoms with Gasteiger partial charge in [-0.1, -0.05) is 36.4 Å². The topological polar surface area (TPSA) is 18.8 Å². The second kappa shape index (κ2) is 6.17. The minimum absolute atomic E-state index is 0.431. The fourth-order valence-electron chi connectivity index (χ4n) is 3.62. The van der Waals surface area contributed by atoms with Crippen molar-refractivity contribution in [3.05, 3.63) is 60.2 Å². The average Bonchev–Trinajstić information content (AvgIpc) is 3.06. The van der Waals surface area contributed by atoms with Crippen LogP contribution in [0.5, 0.6) is 0 Å². The first-order valence-corrected chi connectivity index (χ1v) is 8.51. The third-order valence-electron chi connectivity index (χ3n) is 5.09. The normalized spacial score (nSPS) is 19.3. The van der Waals surface area contributed by atoms with E-state index in [9.17, 15) is 0 Å². The molecule has 0 aliphatic carbocycles. The van der Waals surface area contributed by atoms with E-state index in [1.807, 2.05) is 0 Å². The van der Waals surface area contributed by atoms with E-state index in [2.05, 4.69) is 71.3 Å². The van der Waals surface area contributed by atoms with Crippen LogP contribution in [-0.4, -0.2) is 42.8 Å². The van der Waals surface area contributed by atoms with Crippen molar-refractivity contribution in [2.45, 2.75) is 19.4 Å². The summed E-state index contributed by atoms with van der Waals surface area (Å²) in [7, 11) is 0. The van der Waals surface area contributed by atoms with E-state index in [-0.39, 0.29) is 0 Å². The fourth-order valence-corrected chi connectivity index (χ4v) is 3.62. The highest BCUT2D eigenvalue weighted by molar-refractivity contribution is 5.97. The van der Waals surface area contributed by atoms with Gasteiger partial charge in [0.25, 0.3) is 0 Å². The quantitative estimate of drug-likeness (QED) is 0.864. The van der Waals surface area contributed by atoms with Crippen LogP contribution in [0.3, 0.4) is 0 Å². The molecule has 0 saturated carbocycles. The number of fused-ring (bicyclic) bond motifs is 1. The van der Waals surface area contributed by atoms with Crippen molar-refractivity contribution in [2.24, 2.45) is 4.99 Å². The van der Waals surface area contributed by atoms with Gasteiger partial charge in [-0.15, -0.1) is 0 Å². The molecular formula is C20H23N3. The lowest BCUT2D eigenvalue weighted by Gasteiger charge is -2.39. The number of hydrogen-bond acceptors (Lipinski definition) is 3. The SMILES string of the molecule is CC(C1=Nc2ccccc2C1)N1CCN(c2ccccc2)CC1. The number of anilines is 1. The first-order valence-electron chi connectivity index (χ1n) is 8.51. The Morgan fingerprint density at radius 2 is 1.57 bits per heavy atom. The predicted molar refractivity (Wildman–Crippen MR) is 96.9 cm³/mol. The Hall–Kier alpha value is -2.13. The molecule has 1 unspecified atom stereocenters. The lowest BCUT2D eigenvalue weighted by atomic mass is 10.0. The lowest BCUT2D eigenvalue weighted by molar-refractivity contribution is 0.237. The van der Waals surface area contributed by atoms with Crippen molar-refractivity contribution < 1.29 is 0 Å². The number of piperazine rings is 1. The minimum atomic E-state index is 0.431. The average molecular weight is 305 g/mol. The van der Waals surface area contributed by atoms with Crippen molar-refractivity contribution in [3.8, 4) is 0 Å². The van der Waals surface area contributed by atoms with E-state index in [0.29, 0.717) is 6.04 Å². The molecule has 2 aromatic rings. The van der Waals surface area contributed by atoms with Crippen molar-refractivity contribution in [1.82, 2.24) is 4.90 Å². The maximum atomic E-state index is 4.87. The van der Waals surface area contributed by atoms with Gasteiger partial charge < -0.3 is 4.90 Å². The molecule has 3 heteroatoms. The van der Waals surface area contributed by atoms with E-state index in [1.54, 1.807) is 0 Å². The van der Waals surface area contributed by atoms with E-state index < -0.39 is 0 Å². The summed E-state index contributed by atoms with van der Waals surface area (Å²) >= 11 is 0. The van der Waals surface area contributed by atoms with Crippen LogP contribution in [0.15, 0.2) is 59.6 Å². The Morgan fingerprint density at radius 1 is 0.870 bits per heavy atom. The zero-order valence-electron chi connectivity index (χ0n) is 13.7. The molecule has 1 atom stereocenters. The molecule has 2 heterocycles. The Bertz CT molecular complexity index is 700. The van der Waals surface area contributed by atoms with Gasteiger partial charge in [0.05, 0.1) is 5.69 Å². The molecule has 23 heavy (non-hydrogen) atoms. The summed E-state index contributed by atoms with van der Waals surface area (Å²) in [6, 6.07) is 19.7. The molecule has 4 rings (SSSR count). The number of para-hydroxylation sites is 2. The van der Waals surface area contributed by atoms with Crippen molar-refractivity contribution in [1.29, 1.82) is 0 Å². The lowest BCUT2D eigenvalue weighted by Crippen LogP contribution is -2.51. The number of nitrogens with zero attached hydrogens (tertiary/aromatic N) is 3. The zero-order valence-corrected chi connectivity index (χ0v) is 13.7. The monoisotopic (exact) mass is 305 g/mol. The van der Waals surface area contributed by atoms with Gasteiger partial charge in [-0.3, -0.25) is 9.89 Å². The first-order chi connectivity index (χ1) is 11.3. The molecule has 2 aromatic carbocycles. The Kier molecular flexibility index (Phi) is 3.88. The number of benzene rings is 2. The second-order valence-corrected chi connectivity index (χ2v) is 6.44. The molecule has 2 aliphatic heterocycles. The highest BCUT2D eigenvalue weighted by atomic mass is 15.3. The molecule has 1 fully saturated rings. The van der Waals surface area contributed by atoms with Gasteiger partial charge in [0.15, 0.2) is 0 Å². The van der Waals surface area contributed by atoms with Gasteiger partial charge in [0.2, 0.25) is 0 Å².